The molecule has 0 bridgehead atoms. The van der Waals surface area contributed by atoms with Crippen LogP contribution in [0.3, 0.4) is 0 Å². The van der Waals surface area contributed by atoms with Gasteiger partial charge < -0.3 is 0 Å². The number of hydrogen-bond acceptors (Lipinski definition) is 3. The Bertz CT molecular complexity index is 147. The molecule has 0 atom stereocenters. The number of nitrogens with zero attached hydrogens (tertiary/aromatic N) is 2. The summed E-state index contributed by atoms with van der Waals surface area (Å²) in [6.45, 7) is 9.28. The quantitative estimate of drug-likeness (QED) is 0.644. The van der Waals surface area contributed by atoms with Crippen molar-refractivity contribution in [1.29, 1.82) is 0 Å². The Morgan fingerprint density at radius 2 is 2.00 bits per heavy atom. The Labute approximate surface area is 81.3 Å². The fourth-order valence-corrected chi connectivity index (χ4v) is 1.96. The van der Waals surface area contributed by atoms with Crippen molar-refractivity contribution in [1.82, 2.24) is 9.80 Å². The molecule has 1 saturated heterocycles. The molecule has 0 radical (unpaired) electrons. The van der Waals surface area contributed by atoms with Gasteiger partial charge in [0.2, 0.25) is 0 Å². The summed E-state index contributed by atoms with van der Waals surface area (Å²) in [6, 6.07) is 0. The molecule has 0 aromatic heterocycles. The summed E-state index contributed by atoms with van der Waals surface area (Å²) in [4.78, 5) is 4.93. The molecule has 0 amide bonds. The molecule has 0 aromatic carbocycles. The lowest BCUT2D eigenvalue weighted by Crippen LogP contribution is -2.57. The van der Waals surface area contributed by atoms with Crippen LogP contribution < -0.4 is 0 Å². The van der Waals surface area contributed by atoms with Crippen LogP contribution in [0.1, 0.15) is 13.8 Å². The molecule has 12 heavy (non-hydrogen) atoms. The number of thiol groups is 1. The minimum Gasteiger partial charge on any atom is -0.299 e. The third kappa shape index (κ3) is 2.38. The van der Waals surface area contributed by atoms with E-state index < -0.39 is 0 Å². The first-order valence-corrected chi connectivity index (χ1v) is 5.24. The summed E-state index contributed by atoms with van der Waals surface area (Å²) in [5.74, 6) is 0.972. The van der Waals surface area contributed by atoms with E-state index in [1.165, 1.54) is 19.6 Å². The van der Waals surface area contributed by atoms with Crippen LogP contribution >= 0.6 is 12.6 Å². The maximum absolute atomic E-state index is 4.25. The third-order valence-corrected chi connectivity index (χ3v) is 3.01. The van der Waals surface area contributed by atoms with Gasteiger partial charge in [-0.15, -0.1) is 0 Å². The van der Waals surface area contributed by atoms with Gasteiger partial charge in [0.1, 0.15) is 0 Å². The van der Waals surface area contributed by atoms with Crippen molar-refractivity contribution in [3.63, 3.8) is 0 Å². The number of likely N-dealkylation sites (N-methyl/N-ethyl adjacent to an activating group) is 1. The lowest BCUT2D eigenvalue weighted by atomic mass is 10.00. The smallest absolute Gasteiger partial charge is 0.0277 e. The molecule has 3 heteroatoms. The zero-order chi connectivity index (χ0) is 9.19. The Hall–Kier alpha value is 0.270. The van der Waals surface area contributed by atoms with Crippen LogP contribution in [0, 0.1) is 0 Å². The molecular formula is C9H20N2S. The number of piperazine rings is 1. The van der Waals surface area contributed by atoms with Crippen molar-refractivity contribution >= 4 is 12.6 Å². The van der Waals surface area contributed by atoms with Crippen LogP contribution in [0.4, 0.5) is 0 Å². The molecule has 0 aliphatic carbocycles. The van der Waals surface area contributed by atoms with Gasteiger partial charge in [0.15, 0.2) is 0 Å². The topological polar surface area (TPSA) is 6.48 Å². The lowest BCUT2D eigenvalue weighted by Gasteiger charge is -2.45. The second-order valence-electron chi connectivity index (χ2n) is 4.23. The SMILES string of the molecule is CN1CCN(CCS)CC1(C)C. The third-order valence-electron chi connectivity index (χ3n) is 2.81. The minimum absolute atomic E-state index is 0.335. The molecule has 1 aliphatic heterocycles. The van der Waals surface area contributed by atoms with E-state index in [1.807, 2.05) is 0 Å². The van der Waals surface area contributed by atoms with Crippen molar-refractivity contribution < 1.29 is 0 Å². The molecule has 1 rings (SSSR count). The monoisotopic (exact) mass is 188 g/mol. The summed E-state index contributed by atoms with van der Waals surface area (Å²) in [7, 11) is 2.21. The van der Waals surface area contributed by atoms with Gasteiger partial charge >= 0.3 is 0 Å². The second-order valence-corrected chi connectivity index (χ2v) is 4.68. The highest BCUT2D eigenvalue weighted by molar-refractivity contribution is 7.80. The van der Waals surface area contributed by atoms with Crippen LogP contribution in [-0.4, -0.2) is 54.3 Å². The van der Waals surface area contributed by atoms with E-state index in [9.17, 15) is 0 Å². The lowest BCUT2D eigenvalue weighted by molar-refractivity contribution is 0.0436. The molecule has 1 heterocycles. The highest BCUT2D eigenvalue weighted by atomic mass is 32.1. The minimum atomic E-state index is 0.335. The highest BCUT2D eigenvalue weighted by Gasteiger charge is 2.30. The van der Waals surface area contributed by atoms with Crippen LogP contribution in [0.5, 0.6) is 0 Å². The summed E-state index contributed by atoms with van der Waals surface area (Å²) >= 11 is 4.25. The van der Waals surface area contributed by atoms with Crippen molar-refractivity contribution in [2.45, 2.75) is 19.4 Å². The Balaban J connectivity index is 2.45. The predicted molar refractivity (Wildman–Crippen MR) is 57.0 cm³/mol. The first-order valence-electron chi connectivity index (χ1n) is 4.61. The predicted octanol–water partition coefficient (Wildman–Crippen LogP) is 0.942. The molecule has 0 unspecified atom stereocenters. The molecular weight excluding hydrogens is 168 g/mol. The van der Waals surface area contributed by atoms with E-state index in [1.54, 1.807) is 0 Å². The van der Waals surface area contributed by atoms with Gasteiger partial charge in [-0.25, -0.2) is 0 Å². The normalized spacial score (nSPS) is 26.0. The van der Waals surface area contributed by atoms with Crippen molar-refractivity contribution in [3.05, 3.63) is 0 Å². The first kappa shape index (κ1) is 10.4. The largest absolute Gasteiger partial charge is 0.299 e. The van der Waals surface area contributed by atoms with Gasteiger partial charge in [0.05, 0.1) is 0 Å². The summed E-state index contributed by atoms with van der Waals surface area (Å²) < 4.78 is 0. The fourth-order valence-electron chi connectivity index (χ4n) is 1.67. The van der Waals surface area contributed by atoms with Crippen LogP contribution in [-0.2, 0) is 0 Å². The van der Waals surface area contributed by atoms with E-state index in [-0.39, 0.29) is 0 Å². The molecule has 0 N–H and O–H groups in total. The fraction of sp³-hybridized carbons (Fsp3) is 1.00. The summed E-state index contributed by atoms with van der Waals surface area (Å²) in [6.07, 6.45) is 0. The summed E-state index contributed by atoms with van der Waals surface area (Å²) in [5, 5.41) is 0. The Morgan fingerprint density at radius 3 is 2.50 bits per heavy atom. The van der Waals surface area contributed by atoms with Crippen molar-refractivity contribution in [3.8, 4) is 0 Å². The van der Waals surface area contributed by atoms with E-state index in [0.717, 1.165) is 12.3 Å². The van der Waals surface area contributed by atoms with Gasteiger partial charge in [-0.05, 0) is 20.9 Å². The molecule has 0 spiro atoms. The Morgan fingerprint density at radius 1 is 1.33 bits per heavy atom. The van der Waals surface area contributed by atoms with Crippen molar-refractivity contribution in [2.75, 3.05) is 39.0 Å². The van der Waals surface area contributed by atoms with Gasteiger partial charge in [-0.1, -0.05) is 0 Å². The van der Waals surface area contributed by atoms with E-state index in [2.05, 4.69) is 43.3 Å². The van der Waals surface area contributed by atoms with E-state index in [0.29, 0.717) is 5.54 Å². The van der Waals surface area contributed by atoms with Crippen LogP contribution in [0.25, 0.3) is 0 Å². The maximum Gasteiger partial charge on any atom is 0.0277 e. The number of hydrogen-bond donors (Lipinski definition) is 1. The molecule has 72 valence electrons. The van der Waals surface area contributed by atoms with E-state index in [4.69, 9.17) is 0 Å². The molecule has 0 saturated carbocycles. The van der Waals surface area contributed by atoms with Gasteiger partial charge in [0, 0.05) is 37.5 Å². The van der Waals surface area contributed by atoms with Gasteiger partial charge in [-0.2, -0.15) is 12.6 Å². The summed E-state index contributed by atoms with van der Waals surface area (Å²) in [5.41, 5.74) is 0.335. The van der Waals surface area contributed by atoms with Crippen LogP contribution in [0.15, 0.2) is 0 Å². The molecule has 1 fully saturated rings. The average molecular weight is 188 g/mol. The Kier molecular flexibility index (Phi) is 3.44. The highest BCUT2D eigenvalue weighted by Crippen LogP contribution is 2.18. The molecule has 1 aliphatic rings. The standard InChI is InChI=1S/C9H20N2S/c1-9(2)8-11(6-7-12)5-4-10(9)3/h12H,4-8H2,1-3H3. The van der Waals surface area contributed by atoms with Gasteiger partial charge in [-0.3, -0.25) is 9.80 Å². The maximum atomic E-state index is 4.25. The zero-order valence-electron chi connectivity index (χ0n) is 8.38. The zero-order valence-corrected chi connectivity index (χ0v) is 9.27. The average Bonchev–Trinajstić information content (AvgIpc) is 1.97. The number of rotatable bonds is 2. The van der Waals surface area contributed by atoms with Crippen LogP contribution in [0.2, 0.25) is 0 Å². The van der Waals surface area contributed by atoms with Crippen molar-refractivity contribution in [2.24, 2.45) is 0 Å². The molecule has 2 nitrogen and oxygen atoms in total. The molecule has 0 aromatic rings. The van der Waals surface area contributed by atoms with Gasteiger partial charge in [0.25, 0.3) is 0 Å². The second kappa shape index (κ2) is 3.99. The first-order chi connectivity index (χ1) is 5.56. The van der Waals surface area contributed by atoms with E-state index >= 15 is 0 Å².